The first-order valence-electron chi connectivity index (χ1n) is 6.04. The summed E-state index contributed by atoms with van der Waals surface area (Å²) in [6.45, 7) is 0. The highest BCUT2D eigenvalue weighted by Gasteiger charge is 2.14. The number of nitrogens with one attached hydrogen (secondary N) is 1. The summed E-state index contributed by atoms with van der Waals surface area (Å²) >= 11 is 0. The number of rotatable bonds is 2. The Bertz CT molecular complexity index is 679. The lowest BCUT2D eigenvalue weighted by Gasteiger charge is -2.04. The molecule has 3 nitrogen and oxygen atoms in total. The quantitative estimate of drug-likeness (QED) is 0.754. The van der Waals surface area contributed by atoms with Crippen LogP contribution < -0.4 is 5.32 Å². The number of anilines is 1. The molecule has 3 heteroatoms. The Morgan fingerprint density at radius 2 is 1.68 bits per heavy atom. The van der Waals surface area contributed by atoms with E-state index in [-0.39, 0.29) is 5.91 Å². The zero-order valence-electron chi connectivity index (χ0n) is 10.2. The topological polar surface area (TPSA) is 42.0 Å². The van der Waals surface area contributed by atoms with Crippen molar-refractivity contribution in [3.63, 3.8) is 0 Å². The Morgan fingerprint density at radius 1 is 0.895 bits per heavy atom. The third kappa shape index (κ3) is 2.31. The third-order valence-electron chi connectivity index (χ3n) is 2.97. The Morgan fingerprint density at radius 3 is 2.53 bits per heavy atom. The number of aromatic nitrogens is 1. The van der Waals surface area contributed by atoms with Crippen LogP contribution >= 0.6 is 0 Å². The fourth-order valence-corrected chi connectivity index (χ4v) is 2.05. The molecule has 3 rings (SSSR count). The highest BCUT2D eigenvalue weighted by Crippen LogP contribution is 2.27. The molecule has 2 aliphatic carbocycles. The van der Waals surface area contributed by atoms with Crippen molar-refractivity contribution in [3.8, 4) is 11.1 Å². The van der Waals surface area contributed by atoms with Gasteiger partial charge in [-0.3, -0.25) is 9.78 Å². The van der Waals surface area contributed by atoms with Crippen molar-refractivity contribution in [2.24, 2.45) is 0 Å². The number of carbonyl (C=O) groups excluding carboxylic acids is 1. The molecule has 0 aliphatic heterocycles. The van der Waals surface area contributed by atoms with Gasteiger partial charge in [-0.15, -0.1) is 0 Å². The molecule has 92 valence electrons. The molecule has 0 atom stereocenters. The largest absolute Gasteiger partial charge is 0.322 e. The van der Waals surface area contributed by atoms with E-state index < -0.39 is 0 Å². The van der Waals surface area contributed by atoms with Gasteiger partial charge in [-0.05, 0) is 29.3 Å². The van der Waals surface area contributed by atoms with Crippen molar-refractivity contribution in [2.45, 2.75) is 0 Å². The summed E-state index contributed by atoms with van der Waals surface area (Å²) in [5, 5.41) is 2.87. The molecule has 19 heavy (non-hydrogen) atoms. The molecule has 1 aromatic rings. The van der Waals surface area contributed by atoms with Crippen LogP contribution in [0, 0.1) is 0 Å². The fraction of sp³-hybridized carbons (Fsp3) is 0. The van der Waals surface area contributed by atoms with E-state index in [1.165, 1.54) is 0 Å². The molecule has 1 N–H and O–H groups in total. The molecule has 0 unspecified atom stereocenters. The van der Waals surface area contributed by atoms with Crippen molar-refractivity contribution in [2.75, 3.05) is 5.32 Å². The van der Waals surface area contributed by atoms with Crippen LogP contribution in [0.5, 0.6) is 0 Å². The predicted molar refractivity (Wildman–Crippen MR) is 75.3 cm³/mol. The summed E-state index contributed by atoms with van der Waals surface area (Å²) in [6.07, 6.45) is 3.30. The molecule has 1 heterocycles. The number of carbonyl (C=O) groups is 1. The number of pyridine rings is 1. The first-order valence-corrected chi connectivity index (χ1v) is 6.04. The van der Waals surface area contributed by atoms with Gasteiger partial charge in [0.2, 0.25) is 0 Å². The standard InChI is InChI=1S/C16H12N2O/c19-16(18-13-8-10-17-11-9-13)15-7-6-12-4-2-1-3-5-14(12)15/h1-11H,(H,17,18,19). The number of nitrogens with zero attached hydrogens (tertiary/aromatic N) is 1. The van der Waals surface area contributed by atoms with Crippen molar-refractivity contribution < 1.29 is 4.79 Å². The van der Waals surface area contributed by atoms with E-state index in [1.807, 2.05) is 42.5 Å². The second-order valence-corrected chi connectivity index (χ2v) is 4.22. The Labute approximate surface area is 111 Å². The van der Waals surface area contributed by atoms with Crippen LogP contribution in [-0.2, 0) is 0 Å². The van der Waals surface area contributed by atoms with Crippen LogP contribution in [0.1, 0.15) is 10.4 Å². The number of amides is 1. The molecule has 1 amide bonds. The van der Waals surface area contributed by atoms with Crippen molar-refractivity contribution in [1.29, 1.82) is 0 Å². The van der Waals surface area contributed by atoms with Gasteiger partial charge in [0.05, 0.1) is 0 Å². The van der Waals surface area contributed by atoms with Gasteiger partial charge in [-0.25, -0.2) is 0 Å². The van der Waals surface area contributed by atoms with Gasteiger partial charge >= 0.3 is 0 Å². The SMILES string of the molecule is O=C(Nc1ccncc1)c1ccc2cccccc1-2. The minimum Gasteiger partial charge on any atom is -0.322 e. The Hall–Kier alpha value is -2.68. The molecule has 0 fully saturated rings. The van der Waals surface area contributed by atoms with Gasteiger partial charge < -0.3 is 5.32 Å². The van der Waals surface area contributed by atoms with Crippen LogP contribution in [0.2, 0.25) is 0 Å². The summed E-state index contributed by atoms with van der Waals surface area (Å²) in [7, 11) is 0. The normalized spacial score (nSPS) is 10.3. The Kier molecular flexibility index (Phi) is 2.94. The molecule has 0 saturated heterocycles. The van der Waals surface area contributed by atoms with Crippen LogP contribution in [-0.4, -0.2) is 10.9 Å². The summed E-state index contributed by atoms with van der Waals surface area (Å²) in [5.41, 5.74) is 3.44. The lowest BCUT2D eigenvalue weighted by atomic mass is 10.1. The maximum atomic E-state index is 12.3. The van der Waals surface area contributed by atoms with E-state index >= 15 is 0 Å². The second kappa shape index (κ2) is 4.90. The second-order valence-electron chi connectivity index (χ2n) is 4.22. The lowest BCUT2D eigenvalue weighted by molar-refractivity contribution is 0.102. The van der Waals surface area contributed by atoms with Gasteiger partial charge in [0, 0.05) is 23.6 Å². The van der Waals surface area contributed by atoms with Crippen LogP contribution in [0.25, 0.3) is 11.1 Å². The third-order valence-corrected chi connectivity index (χ3v) is 2.97. The maximum absolute atomic E-state index is 12.3. The minimum atomic E-state index is -0.104. The Balaban J connectivity index is 1.92. The van der Waals surface area contributed by atoms with Crippen molar-refractivity contribution in [3.05, 3.63) is 72.6 Å². The molecule has 0 aromatic carbocycles. The number of hydrogen-bond acceptors (Lipinski definition) is 2. The minimum absolute atomic E-state index is 0.104. The highest BCUT2D eigenvalue weighted by molar-refractivity contribution is 6.09. The van der Waals surface area contributed by atoms with E-state index in [4.69, 9.17) is 0 Å². The molecule has 0 radical (unpaired) electrons. The first-order chi connectivity index (χ1) is 9.34. The maximum Gasteiger partial charge on any atom is 0.256 e. The molecular formula is C16H12N2O. The smallest absolute Gasteiger partial charge is 0.256 e. The average Bonchev–Trinajstić information content (AvgIpc) is 2.69. The van der Waals surface area contributed by atoms with Crippen LogP contribution in [0.4, 0.5) is 5.69 Å². The lowest BCUT2D eigenvalue weighted by Crippen LogP contribution is -2.11. The molecule has 1 aromatic heterocycles. The van der Waals surface area contributed by atoms with E-state index in [1.54, 1.807) is 24.5 Å². The van der Waals surface area contributed by atoms with Gasteiger partial charge in [-0.1, -0.05) is 36.4 Å². The highest BCUT2D eigenvalue weighted by atomic mass is 16.1. The summed E-state index contributed by atoms with van der Waals surface area (Å²) in [5.74, 6) is -0.104. The van der Waals surface area contributed by atoms with E-state index in [9.17, 15) is 4.79 Å². The van der Waals surface area contributed by atoms with Crippen molar-refractivity contribution in [1.82, 2.24) is 4.98 Å². The predicted octanol–water partition coefficient (Wildman–Crippen LogP) is 3.44. The summed E-state index contributed by atoms with van der Waals surface area (Å²) < 4.78 is 0. The van der Waals surface area contributed by atoms with Gasteiger partial charge in [-0.2, -0.15) is 0 Å². The zero-order valence-corrected chi connectivity index (χ0v) is 10.2. The number of hydrogen-bond donors (Lipinski definition) is 1. The van der Waals surface area contributed by atoms with Crippen LogP contribution in [0.3, 0.4) is 0 Å². The summed E-state index contributed by atoms with van der Waals surface area (Å²) in [6, 6.07) is 17.1. The molecule has 2 aliphatic rings. The van der Waals surface area contributed by atoms with Gasteiger partial charge in [0.15, 0.2) is 0 Å². The summed E-state index contributed by atoms with van der Waals surface area (Å²) in [4.78, 5) is 16.2. The number of fused-ring (bicyclic) bond motifs is 1. The average molecular weight is 248 g/mol. The van der Waals surface area contributed by atoms with Crippen LogP contribution in [0.15, 0.2) is 67.0 Å². The van der Waals surface area contributed by atoms with E-state index in [2.05, 4.69) is 10.3 Å². The van der Waals surface area contributed by atoms with E-state index in [0.717, 1.165) is 16.8 Å². The van der Waals surface area contributed by atoms with E-state index in [0.29, 0.717) is 5.56 Å². The zero-order chi connectivity index (χ0) is 13.1. The molecular weight excluding hydrogens is 236 g/mol. The first kappa shape index (κ1) is 11.4. The monoisotopic (exact) mass is 248 g/mol. The van der Waals surface area contributed by atoms with Crippen molar-refractivity contribution >= 4 is 11.6 Å². The fourth-order valence-electron chi connectivity index (χ4n) is 2.05. The molecule has 0 saturated carbocycles. The molecule has 0 spiro atoms. The molecule has 0 bridgehead atoms. The van der Waals surface area contributed by atoms with Gasteiger partial charge in [0.1, 0.15) is 0 Å². The van der Waals surface area contributed by atoms with Gasteiger partial charge in [0.25, 0.3) is 5.91 Å².